The molecule has 1 aliphatic heterocycles. The van der Waals surface area contributed by atoms with Gasteiger partial charge in [-0.15, -0.1) is 0 Å². The number of benzene rings is 1. The van der Waals surface area contributed by atoms with Gasteiger partial charge in [0.15, 0.2) is 0 Å². The third kappa shape index (κ3) is 7.88. The van der Waals surface area contributed by atoms with Crippen LogP contribution in [-0.4, -0.2) is 72.7 Å². The largest absolute Gasteiger partial charge is 0.390 e. The van der Waals surface area contributed by atoms with Crippen molar-refractivity contribution in [2.45, 2.75) is 37.7 Å². The average Bonchev–Trinajstić information content (AvgIpc) is 2.73. The fourth-order valence-corrected chi connectivity index (χ4v) is 3.83. The molecule has 1 saturated heterocycles. The minimum Gasteiger partial charge on any atom is -0.390 e. The lowest BCUT2D eigenvalue weighted by atomic mass is 10.00. The Balaban J connectivity index is 1.24. The molecule has 1 fully saturated rings. The Kier molecular flexibility index (Phi) is 8.21. The number of anilines is 1. The molecule has 0 saturated carbocycles. The van der Waals surface area contributed by atoms with Gasteiger partial charge in [-0.2, -0.15) is 0 Å². The van der Waals surface area contributed by atoms with E-state index < -0.39 is 5.92 Å². The number of rotatable bonds is 10. The summed E-state index contributed by atoms with van der Waals surface area (Å²) in [6.07, 6.45) is 6.76. The molecule has 2 N–H and O–H groups in total. The predicted octanol–water partition coefficient (Wildman–Crippen LogP) is 3.77. The zero-order valence-electron chi connectivity index (χ0n) is 17.1. The molecule has 0 aromatic heterocycles. The van der Waals surface area contributed by atoms with E-state index in [1.54, 1.807) is 12.2 Å². The number of hydrogen-bond acceptors (Lipinski definition) is 4. The van der Waals surface area contributed by atoms with Gasteiger partial charge in [-0.1, -0.05) is 35.9 Å². The van der Waals surface area contributed by atoms with Crippen molar-refractivity contribution < 1.29 is 13.9 Å². The van der Waals surface area contributed by atoms with Crippen LogP contribution in [0.15, 0.2) is 54.1 Å². The van der Waals surface area contributed by atoms with Crippen LogP contribution in [0.3, 0.4) is 0 Å². The number of piperazine rings is 1. The lowest BCUT2D eigenvalue weighted by Crippen LogP contribution is -2.49. The number of unbranched alkanes of at least 4 members (excludes halogenated alkanes) is 1. The number of halogens is 2. The number of para-hydroxylation sites is 1. The summed E-state index contributed by atoms with van der Waals surface area (Å²) in [5.41, 5.74) is 2.07. The van der Waals surface area contributed by atoms with Gasteiger partial charge in [0, 0.05) is 51.4 Å². The van der Waals surface area contributed by atoms with Crippen molar-refractivity contribution >= 4 is 5.69 Å². The molecule has 0 bridgehead atoms. The molecule has 2 aliphatic rings. The summed E-state index contributed by atoms with van der Waals surface area (Å²) >= 11 is 0. The van der Waals surface area contributed by atoms with Crippen molar-refractivity contribution in [1.29, 1.82) is 0 Å². The van der Waals surface area contributed by atoms with Crippen LogP contribution >= 0.6 is 0 Å². The van der Waals surface area contributed by atoms with Gasteiger partial charge >= 0.3 is 0 Å². The Labute approximate surface area is 172 Å². The summed E-state index contributed by atoms with van der Waals surface area (Å²) in [5, 5.41) is 13.6. The molecular weight excluding hydrogens is 372 g/mol. The standard InChI is InChI=1S/C23H33F2N3O/c24-23(25)11-9-20(10-12-23)6-4-5-13-27-14-16-28(17-15-27)19-22(29)18-26-21-7-2-1-3-8-21/h1-3,7-11,22,26,29H,4-6,12-19H2. The molecular formula is C23H33F2N3O. The Morgan fingerprint density at radius 3 is 2.45 bits per heavy atom. The molecule has 0 spiro atoms. The van der Waals surface area contributed by atoms with E-state index in [4.69, 9.17) is 0 Å². The highest BCUT2D eigenvalue weighted by Gasteiger charge is 2.25. The van der Waals surface area contributed by atoms with Crippen LogP contribution in [0.1, 0.15) is 25.7 Å². The van der Waals surface area contributed by atoms with Gasteiger partial charge in [-0.3, -0.25) is 4.90 Å². The monoisotopic (exact) mass is 405 g/mol. The molecule has 4 nitrogen and oxygen atoms in total. The van der Waals surface area contributed by atoms with Crippen LogP contribution in [0.5, 0.6) is 0 Å². The van der Waals surface area contributed by atoms with Crippen LogP contribution in [-0.2, 0) is 0 Å². The molecule has 0 radical (unpaired) electrons. The average molecular weight is 406 g/mol. The van der Waals surface area contributed by atoms with E-state index in [0.29, 0.717) is 13.1 Å². The molecule has 1 unspecified atom stereocenters. The second kappa shape index (κ2) is 10.9. The zero-order valence-corrected chi connectivity index (χ0v) is 17.1. The zero-order chi connectivity index (χ0) is 20.5. The molecule has 1 aromatic carbocycles. The number of aliphatic hydroxyl groups excluding tert-OH is 1. The summed E-state index contributed by atoms with van der Waals surface area (Å²) in [4.78, 5) is 4.79. The maximum absolute atomic E-state index is 13.1. The first-order chi connectivity index (χ1) is 14.0. The number of nitrogens with one attached hydrogen (secondary N) is 1. The number of hydrogen-bond donors (Lipinski definition) is 2. The normalized spacial score (nSPS) is 21.0. The summed E-state index contributed by atoms with van der Waals surface area (Å²) in [6.45, 7) is 6.30. The molecule has 160 valence electrons. The number of nitrogens with zero attached hydrogens (tertiary/aromatic N) is 2. The Morgan fingerprint density at radius 1 is 1.03 bits per heavy atom. The van der Waals surface area contributed by atoms with Gasteiger partial charge < -0.3 is 15.3 Å². The highest BCUT2D eigenvalue weighted by atomic mass is 19.3. The molecule has 29 heavy (non-hydrogen) atoms. The Morgan fingerprint density at radius 2 is 1.76 bits per heavy atom. The quantitative estimate of drug-likeness (QED) is 0.582. The molecule has 1 aliphatic carbocycles. The van der Waals surface area contributed by atoms with E-state index in [0.717, 1.165) is 69.3 Å². The maximum Gasteiger partial charge on any atom is 0.270 e. The highest BCUT2D eigenvalue weighted by Crippen LogP contribution is 2.28. The summed E-state index contributed by atoms with van der Waals surface area (Å²) in [7, 11) is 0. The van der Waals surface area contributed by atoms with Crippen molar-refractivity contribution in [2.75, 3.05) is 51.1 Å². The van der Waals surface area contributed by atoms with E-state index in [1.807, 2.05) is 30.3 Å². The van der Waals surface area contributed by atoms with Gasteiger partial charge in [0.1, 0.15) is 0 Å². The molecule has 0 amide bonds. The second-order valence-corrected chi connectivity index (χ2v) is 8.08. The first kappa shape index (κ1) is 21.9. The van der Waals surface area contributed by atoms with Gasteiger partial charge in [-0.25, -0.2) is 8.78 Å². The van der Waals surface area contributed by atoms with E-state index in [2.05, 4.69) is 15.1 Å². The molecule has 3 rings (SSSR count). The van der Waals surface area contributed by atoms with Gasteiger partial charge in [0.25, 0.3) is 5.92 Å². The van der Waals surface area contributed by atoms with Gasteiger partial charge in [-0.05, 0) is 44.0 Å². The number of β-amino-alcohol motifs (C(OH)–C–C–N with tert-alkyl or cyclic N) is 1. The third-order valence-electron chi connectivity index (χ3n) is 5.62. The first-order valence-electron chi connectivity index (χ1n) is 10.7. The van der Waals surface area contributed by atoms with Crippen LogP contribution in [0.2, 0.25) is 0 Å². The third-order valence-corrected chi connectivity index (χ3v) is 5.62. The fourth-order valence-electron chi connectivity index (χ4n) is 3.83. The second-order valence-electron chi connectivity index (χ2n) is 8.08. The Hall–Kier alpha value is -1.76. The molecule has 1 aromatic rings. The van der Waals surface area contributed by atoms with Crippen molar-refractivity contribution in [3.05, 3.63) is 54.1 Å². The van der Waals surface area contributed by atoms with Crippen LogP contribution in [0.4, 0.5) is 14.5 Å². The SMILES string of the molecule is OC(CNc1ccccc1)CN1CCN(CCCCC2=CCC(F)(F)C=C2)CC1. The Bertz CT molecular complexity index is 670. The fraction of sp³-hybridized carbons (Fsp3) is 0.565. The summed E-state index contributed by atoms with van der Waals surface area (Å²) in [6, 6.07) is 9.95. The van der Waals surface area contributed by atoms with Crippen molar-refractivity contribution in [3.63, 3.8) is 0 Å². The minimum atomic E-state index is -2.66. The lowest BCUT2D eigenvalue weighted by molar-refractivity contribution is 0.0570. The van der Waals surface area contributed by atoms with Crippen molar-refractivity contribution in [2.24, 2.45) is 0 Å². The van der Waals surface area contributed by atoms with Crippen LogP contribution < -0.4 is 5.32 Å². The first-order valence-corrected chi connectivity index (χ1v) is 10.7. The van der Waals surface area contributed by atoms with Crippen molar-refractivity contribution in [1.82, 2.24) is 9.80 Å². The van der Waals surface area contributed by atoms with Gasteiger partial charge in [0.05, 0.1) is 6.10 Å². The summed E-state index contributed by atoms with van der Waals surface area (Å²) in [5.74, 6) is -2.66. The van der Waals surface area contributed by atoms with E-state index in [-0.39, 0.29) is 12.5 Å². The molecule has 1 atom stereocenters. The van der Waals surface area contributed by atoms with Gasteiger partial charge in [0.2, 0.25) is 0 Å². The summed E-state index contributed by atoms with van der Waals surface area (Å²) < 4.78 is 26.2. The maximum atomic E-state index is 13.1. The number of aliphatic hydroxyl groups is 1. The minimum absolute atomic E-state index is 0.159. The van der Waals surface area contributed by atoms with Crippen LogP contribution in [0, 0.1) is 0 Å². The number of alkyl halides is 2. The number of allylic oxidation sites excluding steroid dienone is 4. The predicted molar refractivity (Wildman–Crippen MR) is 114 cm³/mol. The van der Waals surface area contributed by atoms with E-state index in [9.17, 15) is 13.9 Å². The van der Waals surface area contributed by atoms with E-state index in [1.165, 1.54) is 0 Å². The molecule has 1 heterocycles. The lowest BCUT2D eigenvalue weighted by Gasteiger charge is -2.35. The van der Waals surface area contributed by atoms with E-state index >= 15 is 0 Å². The van der Waals surface area contributed by atoms with Crippen LogP contribution in [0.25, 0.3) is 0 Å². The highest BCUT2D eigenvalue weighted by molar-refractivity contribution is 5.42. The smallest absolute Gasteiger partial charge is 0.270 e. The van der Waals surface area contributed by atoms with Crippen molar-refractivity contribution in [3.8, 4) is 0 Å². The molecule has 6 heteroatoms. The topological polar surface area (TPSA) is 38.7 Å².